The molecule has 0 saturated carbocycles. The van der Waals surface area contributed by atoms with E-state index in [-0.39, 0.29) is 6.42 Å². The first-order valence-corrected chi connectivity index (χ1v) is 13.8. The van der Waals surface area contributed by atoms with Gasteiger partial charge in [-0.25, -0.2) is 4.98 Å². The number of carbonyl (C=O) groups excluding carboxylic acids is 1. The minimum absolute atomic E-state index is 0.236. The Balaban J connectivity index is 1.24. The number of aryl methyl sites for hydroxylation is 1. The molecule has 1 heterocycles. The van der Waals surface area contributed by atoms with Crippen molar-refractivity contribution in [3.63, 3.8) is 0 Å². The summed E-state index contributed by atoms with van der Waals surface area (Å²) >= 11 is 0. The van der Waals surface area contributed by atoms with Gasteiger partial charge in [-0.05, 0) is 65.4 Å². The third-order valence-electron chi connectivity index (χ3n) is 6.86. The van der Waals surface area contributed by atoms with Gasteiger partial charge in [0, 0.05) is 18.3 Å². The SMILES string of the molecule is CCn1cc(-c2cccc(-c3ccccc3)c2)nc1/C=C/c1ccc(-c2ccc(OCCCC(=O)ON)cc2)cc1. The molecule has 0 radical (unpaired) electrons. The summed E-state index contributed by atoms with van der Waals surface area (Å²) in [5.74, 6) is 6.09. The van der Waals surface area contributed by atoms with Crippen LogP contribution >= 0.6 is 0 Å². The lowest BCUT2D eigenvalue weighted by Crippen LogP contribution is -2.11. The Morgan fingerprint density at radius 3 is 2.17 bits per heavy atom. The summed E-state index contributed by atoms with van der Waals surface area (Å²) in [7, 11) is 0. The predicted octanol–water partition coefficient (Wildman–Crippen LogP) is 7.65. The monoisotopic (exact) mass is 543 g/mol. The lowest BCUT2D eigenvalue weighted by molar-refractivity contribution is -0.144. The van der Waals surface area contributed by atoms with Gasteiger partial charge in [-0.3, -0.25) is 4.79 Å². The minimum atomic E-state index is -0.438. The third-order valence-corrected chi connectivity index (χ3v) is 6.86. The zero-order chi connectivity index (χ0) is 28.4. The number of hydrogen-bond donors (Lipinski definition) is 1. The average Bonchev–Trinajstić information content (AvgIpc) is 3.46. The molecule has 0 bridgehead atoms. The second-order valence-electron chi connectivity index (χ2n) is 9.64. The van der Waals surface area contributed by atoms with Crippen LogP contribution < -0.4 is 10.6 Å². The normalized spacial score (nSPS) is 11.1. The van der Waals surface area contributed by atoms with Crippen LogP contribution in [-0.2, 0) is 16.2 Å². The summed E-state index contributed by atoms with van der Waals surface area (Å²) in [6.07, 6.45) is 7.07. The van der Waals surface area contributed by atoms with E-state index in [2.05, 4.69) is 107 Å². The van der Waals surface area contributed by atoms with Gasteiger partial charge in [0.1, 0.15) is 11.6 Å². The average molecular weight is 544 g/mol. The molecule has 0 amide bonds. The van der Waals surface area contributed by atoms with E-state index in [1.54, 1.807) is 0 Å². The summed E-state index contributed by atoms with van der Waals surface area (Å²) < 4.78 is 7.86. The van der Waals surface area contributed by atoms with Gasteiger partial charge >= 0.3 is 5.97 Å². The van der Waals surface area contributed by atoms with Gasteiger partial charge in [0.2, 0.25) is 0 Å². The Morgan fingerprint density at radius 1 is 0.805 bits per heavy atom. The van der Waals surface area contributed by atoms with E-state index in [1.165, 1.54) is 11.1 Å². The van der Waals surface area contributed by atoms with Gasteiger partial charge in [-0.1, -0.05) is 91.0 Å². The lowest BCUT2D eigenvalue weighted by Gasteiger charge is -2.07. The van der Waals surface area contributed by atoms with Gasteiger partial charge in [0.05, 0.1) is 18.7 Å². The highest BCUT2D eigenvalue weighted by Crippen LogP contribution is 2.27. The van der Waals surface area contributed by atoms with Crippen LogP contribution in [0.5, 0.6) is 5.75 Å². The molecule has 0 aliphatic heterocycles. The molecule has 0 aliphatic carbocycles. The minimum Gasteiger partial charge on any atom is -0.494 e. The van der Waals surface area contributed by atoms with E-state index in [1.807, 2.05) is 30.3 Å². The van der Waals surface area contributed by atoms with Crippen LogP contribution in [0.25, 0.3) is 45.7 Å². The fourth-order valence-corrected chi connectivity index (χ4v) is 4.61. The van der Waals surface area contributed by atoms with Crippen molar-refractivity contribution in [2.75, 3.05) is 6.61 Å². The number of hydrogen-bond acceptors (Lipinski definition) is 5. The number of ether oxygens (including phenoxy) is 1. The van der Waals surface area contributed by atoms with Crippen LogP contribution in [-0.4, -0.2) is 22.1 Å². The molecule has 0 saturated heterocycles. The number of aromatic nitrogens is 2. The zero-order valence-corrected chi connectivity index (χ0v) is 23.1. The highest BCUT2D eigenvalue weighted by Gasteiger charge is 2.09. The number of nitrogens with two attached hydrogens (primary N) is 1. The Kier molecular flexibility index (Phi) is 9.04. The van der Waals surface area contributed by atoms with Crippen LogP contribution in [0.4, 0.5) is 0 Å². The summed E-state index contributed by atoms with van der Waals surface area (Å²) in [6, 6.07) is 35.3. The van der Waals surface area contributed by atoms with Crippen molar-refractivity contribution in [1.29, 1.82) is 0 Å². The standard InChI is InChI=1S/C35H33N3O3/c1-2-38-25-33(31-11-6-10-30(24-31)27-8-4-3-5-9-27)37-34(38)22-15-26-13-16-28(17-14-26)29-18-20-32(21-19-29)40-23-7-12-35(39)41-36/h3-6,8-11,13-22,24-25H,2,7,12,23,36H2,1H3/b22-15+. The van der Waals surface area contributed by atoms with Crippen LogP contribution in [0.15, 0.2) is 109 Å². The Morgan fingerprint density at radius 2 is 1.46 bits per heavy atom. The summed E-state index contributed by atoms with van der Waals surface area (Å²) in [5, 5.41) is 0. The van der Waals surface area contributed by atoms with Crippen LogP contribution in [0.3, 0.4) is 0 Å². The van der Waals surface area contributed by atoms with E-state index >= 15 is 0 Å². The summed E-state index contributed by atoms with van der Waals surface area (Å²) in [6.45, 7) is 3.39. The molecule has 2 N–H and O–H groups in total. The Bertz CT molecular complexity index is 1610. The maximum absolute atomic E-state index is 11.1. The van der Waals surface area contributed by atoms with Crippen molar-refractivity contribution in [3.8, 4) is 39.3 Å². The first-order chi connectivity index (χ1) is 20.1. The Labute approximate surface area is 240 Å². The number of nitrogens with zero attached hydrogens (tertiary/aromatic N) is 2. The largest absolute Gasteiger partial charge is 0.494 e. The molecular formula is C35H33N3O3. The molecular weight excluding hydrogens is 510 g/mol. The zero-order valence-electron chi connectivity index (χ0n) is 23.1. The second-order valence-corrected chi connectivity index (χ2v) is 9.64. The van der Waals surface area contributed by atoms with Crippen molar-refractivity contribution < 1.29 is 14.4 Å². The van der Waals surface area contributed by atoms with Gasteiger partial charge in [0.25, 0.3) is 0 Å². The number of carbonyl (C=O) groups is 1. The fraction of sp³-hybridized carbons (Fsp3) is 0.143. The first-order valence-electron chi connectivity index (χ1n) is 13.8. The molecule has 41 heavy (non-hydrogen) atoms. The van der Waals surface area contributed by atoms with Gasteiger partial charge in [0.15, 0.2) is 0 Å². The molecule has 5 aromatic rings. The quantitative estimate of drug-likeness (QED) is 0.137. The maximum Gasteiger partial charge on any atom is 0.324 e. The molecule has 206 valence electrons. The van der Waals surface area contributed by atoms with E-state index in [0.29, 0.717) is 13.0 Å². The van der Waals surface area contributed by atoms with Crippen molar-refractivity contribution in [1.82, 2.24) is 9.55 Å². The number of rotatable bonds is 11. The molecule has 0 aliphatic rings. The maximum atomic E-state index is 11.1. The van der Waals surface area contributed by atoms with Gasteiger partial charge < -0.3 is 14.1 Å². The molecule has 0 unspecified atom stereocenters. The smallest absolute Gasteiger partial charge is 0.324 e. The van der Waals surface area contributed by atoms with E-state index in [9.17, 15) is 4.79 Å². The van der Waals surface area contributed by atoms with Gasteiger partial charge in [-0.15, -0.1) is 0 Å². The molecule has 0 fully saturated rings. The number of benzene rings is 4. The van der Waals surface area contributed by atoms with Crippen LogP contribution in [0.1, 0.15) is 31.2 Å². The van der Waals surface area contributed by atoms with E-state index in [4.69, 9.17) is 15.6 Å². The summed E-state index contributed by atoms with van der Waals surface area (Å²) in [5.41, 5.74) is 7.76. The first kappa shape index (κ1) is 27.6. The van der Waals surface area contributed by atoms with Crippen molar-refractivity contribution >= 4 is 18.1 Å². The molecule has 6 heteroatoms. The second kappa shape index (κ2) is 13.4. The molecule has 1 aromatic heterocycles. The summed E-state index contributed by atoms with van der Waals surface area (Å²) in [4.78, 5) is 20.2. The van der Waals surface area contributed by atoms with E-state index < -0.39 is 5.97 Å². The molecule has 6 nitrogen and oxygen atoms in total. The molecule has 4 aromatic carbocycles. The van der Waals surface area contributed by atoms with Crippen molar-refractivity contribution in [3.05, 3.63) is 121 Å². The predicted molar refractivity (Wildman–Crippen MR) is 165 cm³/mol. The molecule has 5 rings (SSSR count). The fourth-order valence-electron chi connectivity index (χ4n) is 4.61. The van der Waals surface area contributed by atoms with Crippen LogP contribution in [0, 0.1) is 0 Å². The highest BCUT2D eigenvalue weighted by atomic mass is 16.7. The van der Waals surface area contributed by atoms with Crippen molar-refractivity contribution in [2.45, 2.75) is 26.3 Å². The molecule has 0 atom stereocenters. The number of imidazole rings is 1. The molecule has 0 spiro atoms. The van der Waals surface area contributed by atoms with Gasteiger partial charge in [-0.2, -0.15) is 5.90 Å². The van der Waals surface area contributed by atoms with Crippen LogP contribution in [0.2, 0.25) is 0 Å². The topological polar surface area (TPSA) is 79.4 Å². The third kappa shape index (κ3) is 7.18. The lowest BCUT2D eigenvalue weighted by atomic mass is 10.0. The Hall–Kier alpha value is -4.94. The van der Waals surface area contributed by atoms with E-state index in [0.717, 1.165) is 46.1 Å². The van der Waals surface area contributed by atoms with Crippen molar-refractivity contribution in [2.24, 2.45) is 5.90 Å². The highest BCUT2D eigenvalue weighted by molar-refractivity contribution is 5.74.